The molecule has 4 heteroatoms. The first kappa shape index (κ1) is 33.9. The van der Waals surface area contributed by atoms with Gasteiger partial charge in [-0.25, -0.2) is 0 Å². The molecule has 2 aromatic carbocycles. The summed E-state index contributed by atoms with van der Waals surface area (Å²) < 4.78 is 12.5. The van der Waals surface area contributed by atoms with E-state index in [0.717, 1.165) is 36.2 Å². The molecule has 0 aliphatic rings. The molecule has 0 N–H and O–H groups in total. The Morgan fingerprint density at radius 2 is 1.30 bits per heavy atom. The number of carbonyl (C=O) groups excluding carboxylic acids is 1. The van der Waals surface area contributed by atoms with E-state index in [1.807, 2.05) is 6.07 Å². The second-order valence-corrected chi connectivity index (χ2v) is 12.2. The average molecular weight is 553 g/mol. The summed E-state index contributed by atoms with van der Waals surface area (Å²) in [4.78, 5) is 12.4. The van der Waals surface area contributed by atoms with Gasteiger partial charge in [0.05, 0.1) is 27.1 Å². The van der Waals surface area contributed by atoms with Gasteiger partial charge in [0.2, 0.25) is 0 Å². The van der Waals surface area contributed by atoms with E-state index < -0.39 is 0 Å². The maximum Gasteiger partial charge on any atom is 0.311 e. The summed E-state index contributed by atoms with van der Waals surface area (Å²) in [7, 11) is 4.31. The number of quaternary nitrogens is 1. The van der Waals surface area contributed by atoms with Crippen molar-refractivity contribution < 1.29 is 18.8 Å². The van der Waals surface area contributed by atoms with Crippen molar-refractivity contribution in [2.24, 2.45) is 0 Å². The molecule has 0 fully saturated rings. The molecule has 224 valence electrons. The van der Waals surface area contributed by atoms with Gasteiger partial charge in [-0.15, -0.1) is 0 Å². The number of benzene rings is 2. The highest BCUT2D eigenvalue weighted by molar-refractivity contribution is 5.69. The molecule has 0 amide bonds. The van der Waals surface area contributed by atoms with Crippen molar-refractivity contribution in [2.45, 2.75) is 123 Å². The predicted octanol–water partition coefficient (Wildman–Crippen LogP) is 9.30. The Hall–Kier alpha value is -2.33. The summed E-state index contributed by atoms with van der Waals surface area (Å²) in [5.74, 6) is 0.695. The second kappa shape index (κ2) is 20.5. The van der Waals surface area contributed by atoms with Crippen LogP contribution in [0.15, 0.2) is 54.6 Å². The number of unbranched alkanes of at least 4 members (excludes halogenated alkanes) is 11. The van der Waals surface area contributed by atoms with Crippen molar-refractivity contribution >= 4 is 5.97 Å². The average Bonchev–Trinajstić information content (AvgIpc) is 2.96. The third-order valence-corrected chi connectivity index (χ3v) is 7.81. The third-order valence-electron chi connectivity index (χ3n) is 7.81. The zero-order valence-electron chi connectivity index (χ0n) is 26.2. The minimum atomic E-state index is -0.154. The number of nitrogens with zero attached hydrogens (tertiary/aromatic N) is 1. The Morgan fingerprint density at radius 3 is 1.88 bits per heavy atom. The molecule has 0 aliphatic carbocycles. The normalized spacial score (nSPS) is 12.3. The number of rotatable bonds is 23. The number of hydrogen-bond acceptors (Lipinski definition) is 3. The van der Waals surface area contributed by atoms with E-state index in [-0.39, 0.29) is 12.1 Å². The monoisotopic (exact) mass is 552 g/mol. The molecule has 0 bridgehead atoms. The van der Waals surface area contributed by atoms with E-state index in [0.29, 0.717) is 13.0 Å². The van der Waals surface area contributed by atoms with Crippen LogP contribution in [0.5, 0.6) is 5.75 Å². The highest BCUT2D eigenvalue weighted by Gasteiger charge is 2.19. The van der Waals surface area contributed by atoms with E-state index in [9.17, 15) is 4.79 Å². The van der Waals surface area contributed by atoms with Crippen LogP contribution in [0.25, 0.3) is 0 Å². The Balaban J connectivity index is 1.56. The van der Waals surface area contributed by atoms with Crippen molar-refractivity contribution in [1.29, 1.82) is 0 Å². The van der Waals surface area contributed by atoms with Crippen molar-refractivity contribution in [1.82, 2.24) is 0 Å². The van der Waals surface area contributed by atoms with E-state index in [2.05, 4.69) is 76.5 Å². The molecule has 0 heterocycles. The maximum atomic E-state index is 12.4. The predicted molar refractivity (Wildman–Crippen MR) is 169 cm³/mol. The van der Waals surface area contributed by atoms with Gasteiger partial charge >= 0.3 is 5.97 Å². The summed E-state index contributed by atoms with van der Waals surface area (Å²) >= 11 is 0. The lowest BCUT2D eigenvalue weighted by Crippen LogP contribution is -2.40. The number of ether oxygens (including phenoxy) is 2. The summed E-state index contributed by atoms with van der Waals surface area (Å²) in [5, 5.41) is 0. The van der Waals surface area contributed by atoms with Gasteiger partial charge in [0.15, 0.2) is 0 Å². The first-order chi connectivity index (χ1) is 19.4. The second-order valence-electron chi connectivity index (χ2n) is 12.2. The Labute approximate surface area is 246 Å². The fourth-order valence-corrected chi connectivity index (χ4v) is 5.14. The minimum absolute atomic E-state index is 0.127. The van der Waals surface area contributed by atoms with Crippen LogP contribution in [0.2, 0.25) is 0 Å². The molecule has 0 spiro atoms. The van der Waals surface area contributed by atoms with E-state index in [1.54, 1.807) is 0 Å². The van der Waals surface area contributed by atoms with Crippen LogP contribution in [0.3, 0.4) is 0 Å². The highest BCUT2D eigenvalue weighted by atomic mass is 16.6. The van der Waals surface area contributed by atoms with Crippen molar-refractivity contribution in [3.8, 4) is 5.75 Å². The van der Waals surface area contributed by atoms with Gasteiger partial charge < -0.3 is 14.0 Å². The third kappa shape index (κ3) is 16.1. The van der Waals surface area contributed by atoms with Crippen LogP contribution in [-0.2, 0) is 22.5 Å². The van der Waals surface area contributed by atoms with Crippen molar-refractivity contribution in [3.05, 3.63) is 65.7 Å². The Kier molecular flexibility index (Phi) is 17.4. The number of hydrogen-bond donors (Lipinski definition) is 0. The Morgan fingerprint density at radius 1 is 0.725 bits per heavy atom. The molecule has 4 nitrogen and oxygen atoms in total. The van der Waals surface area contributed by atoms with E-state index in [4.69, 9.17) is 9.47 Å². The van der Waals surface area contributed by atoms with E-state index in [1.165, 1.54) is 88.2 Å². The molecule has 1 unspecified atom stereocenters. The van der Waals surface area contributed by atoms with Gasteiger partial charge in [-0.1, -0.05) is 127 Å². The molecule has 0 aromatic heterocycles. The van der Waals surface area contributed by atoms with Crippen LogP contribution in [0.4, 0.5) is 0 Å². The summed E-state index contributed by atoms with van der Waals surface area (Å²) in [6, 6.07) is 18.9. The van der Waals surface area contributed by atoms with E-state index >= 15 is 0 Å². The van der Waals surface area contributed by atoms with Gasteiger partial charge in [0.25, 0.3) is 0 Å². The molecular weight excluding hydrogens is 494 g/mol. The fraction of sp³-hybridized carbons (Fsp3) is 0.639. The van der Waals surface area contributed by atoms with Gasteiger partial charge in [-0.05, 0) is 37.0 Å². The zero-order valence-corrected chi connectivity index (χ0v) is 26.2. The smallest absolute Gasteiger partial charge is 0.311 e. The number of carbonyl (C=O) groups is 1. The van der Waals surface area contributed by atoms with Crippen LogP contribution >= 0.6 is 0 Å². The molecule has 0 saturated carbocycles. The number of esters is 1. The van der Waals surface area contributed by atoms with Crippen LogP contribution in [-0.4, -0.2) is 43.8 Å². The lowest BCUT2D eigenvalue weighted by molar-refractivity contribution is -0.903. The standard InChI is InChI=1S/C36H58NO3/c1-5-7-8-9-10-11-12-13-14-15-16-18-21-32-24-26-35(27-25-32)40-34(6-2)31-39-36(38)28-29-37(3,4)30-33-22-19-17-20-23-33/h17,19-20,22-27,34H,5-16,18,21,28-31H2,1-4H3/q+1. The van der Waals surface area contributed by atoms with Gasteiger partial charge in [-0.2, -0.15) is 0 Å². The Bertz CT molecular complexity index is 894. The molecule has 0 radical (unpaired) electrons. The summed E-state index contributed by atoms with van der Waals surface area (Å²) in [6.45, 7) is 6.28. The first-order valence-electron chi connectivity index (χ1n) is 16.2. The maximum absolute atomic E-state index is 12.4. The fourth-order valence-electron chi connectivity index (χ4n) is 5.14. The zero-order chi connectivity index (χ0) is 28.9. The number of aryl methyl sites for hydroxylation is 1. The van der Waals surface area contributed by atoms with Crippen LogP contribution < -0.4 is 4.74 Å². The lowest BCUT2D eigenvalue weighted by Gasteiger charge is -2.29. The summed E-state index contributed by atoms with van der Waals surface area (Å²) in [6.07, 6.45) is 18.8. The van der Waals surface area contributed by atoms with Crippen LogP contribution in [0.1, 0.15) is 115 Å². The van der Waals surface area contributed by atoms with Gasteiger partial charge in [-0.3, -0.25) is 4.79 Å². The van der Waals surface area contributed by atoms with Crippen LogP contribution in [0, 0.1) is 0 Å². The first-order valence-corrected chi connectivity index (χ1v) is 16.2. The molecule has 0 aliphatic heterocycles. The summed E-state index contributed by atoms with van der Waals surface area (Å²) in [5.41, 5.74) is 2.65. The molecule has 2 rings (SSSR count). The quantitative estimate of drug-likeness (QED) is 0.0783. The van der Waals surface area contributed by atoms with Gasteiger partial charge in [0, 0.05) is 5.56 Å². The molecule has 40 heavy (non-hydrogen) atoms. The van der Waals surface area contributed by atoms with Crippen molar-refractivity contribution in [2.75, 3.05) is 27.2 Å². The highest BCUT2D eigenvalue weighted by Crippen LogP contribution is 2.18. The SMILES string of the molecule is CCCCCCCCCCCCCCc1ccc(OC(CC)COC(=O)CC[N+](C)(C)Cc2ccccc2)cc1. The molecular formula is C36H58NO3+. The molecule has 2 aromatic rings. The van der Waals surface area contributed by atoms with Gasteiger partial charge in [0.1, 0.15) is 25.0 Å². The molecule has 1 atom stereocenters. The molecule has 0 saturated heterocycles. The topological polar surface area (TPSA) is 35.5 Å². The minimum Gasteiger partial charge on any atom is -0.487 e. The lowest BCUT2D eigenvalue weighted by atomic mass is 10.0. The van der Waals surface area contributed by atoms with Crippen molar-refractivity contribution in [3.63, 3.8) is 0 Å². The largest absolute Gasteiger partial charge is 0.487 e.